The second-order valence-electron chi connectivity index (χ2n) is 4.65. The Morgan fingerprint density at radius 3 is 2.06 bits per heavy atom. The summed E-state index contributed by atoms with van der Waals surface area (Å²) in [5.74, 6) is 0.553. The van der Waals surface area contributed by atoms with Gasteiger partial charge in [0.15, 0.2) is 5.75 Å². The van der Waals surface area contributed by atoms with Gasteiger partial charge in [0.05, 0.1) is 10.0 Å². The molecule has 0 aliphatic heterocycles. The van der Waals surface area contributed by atoms with Gasteiger partial charge in [-0.15, -0.1) is 12.4 Å². The molecule has 1 aromatic rings. The van der Waals surface area contributed by atoms with Crippen LogP contribution in [0.4, 0.5) is 0 Å². The Bertz CT molecular complexity index is 347. The van der Waals surface area contributed by atoms with Gasteiger partial charge in [-0.2, -0.15) is 0 Å². The van der Waals surface area contributed by atoms with Crippen LogP contribution in [0.15, 0.2) is 18.2 Å². The molecule has 2 nitrogen and oxygen atoms in total. The van der Waals surface area contributed by atoms with E-state index in [2.05, 4.69) is 4.90 Å². The third-order valence-electron chi connectivity index (χ3n) is 1.99. The van der Waals surface area contributed by atoms with E-state index in [0.717, 1.165) is 6.54 Å². The molecule has 0 aliphatic rings. The van der Waals surface area contributed by atoms with Crippen molar-refractivity contribution in [2.75, 3.05) is 20.6 Å². The van der Waals surface area contributed by atoms with Gasteiger partial charge in [-0.3, -0.25) is 0 Å². The quantitative estimate of drug-likeness (QED) is 0.828. The summed E-state index contributed by atoms with van der Waals surface area (Å²) in [5, 5.41) is 1.08. The van der Waals surface area contributed by atoms with E-state index in [-0.39, 0.29) is 18.0 Å². The molecular formula is C12H18Cl3NO. The second kappa shape index (κ2) is 6.69. The van der Waals surface area contributed by atoms with Crippen LogP contribution in [-0.2, 0) is 0 Å². The highest BCUT2D eigenvalue weighted by molar-refractivity contribution is 6.37. The van der Waals surface area contributed by atoms with Gasteiger partial charge < -0.3 is 9.64 Å². The third kappa shape index (κ3) is 5.35. The van der Waals surface area contributed by atoms with Crippen LogP contribution in [0.25, 0.3) is 0 Å². The molecule has 0 bridgehead atoms. The minimum absolute atomic E-state index is 0. The van der Waals surface area contributed by atoms with Crippen LogP contribution < -0.4 is 4.74 Å². The first kappa shape index (κ1) is 16.9. The highest BCUT2D eigenvalue weighted by Crippen LogP contribution is 2.34. The van der Waals surface area contributed by atoms with Gasteiger partial charge in [-0.1, -0.05) is 29.3 Å². The van der Waals surface area contributed by atoms with Crippen LogP contribution in [-0.4, -0.2) is 31.1 Å². The lowest BCUT2D eigenvalue weighted by atomic mass is 10.1. The molecule has 0 atom stereocenters. The summed E-state index contributed by atoms with van der Waals surface area (Å²) >= 11 is 12.1. The zero-order valence-electron chi connectivity index (χ0n) is 10.5. The SMILES string of the molecule is CN(C)CC(C)(C)Oc1c(Cl)cccc1Cl.Cl. The minimum atomic E-state index is -0.335. The summed E-state index contributed by atoms with van der Waals surface area (Å²) in [6.45, 7) is 4.80. The van der Waals surface area contributed by atoms with E-state index in [1.807, 2.05) is 27.9 Å². The van der Waals surface area contributed by atoms with Crippen LogP contribution in [0.3, 0.4) is 0 Å². The van der Waals surface area contributed by atoms with Crippen LogP contribution >= 0.6 is 35.6 Å². The first-order valence-corrected chi connectivity index (χ1v) is 5.85. The normalized spacial score (nSPS) is 11.2. The lowest BCUT2D eigenvalue weighted by Crippen LogP contribution is -2.39. The van der Waals surface area contributed by atoms with E-state index in [4.69, 9.17) is 27.9 Å². The predicted octanol–water partition coefficient (Wildman–Crippen LogP) is 4.13. The fourth-order valence-electron chi connectivity index (χ4n) is 1.65. The van der Waals surface area contributed by atoms with Gasteiger partial charge in [0.25, 0.3) is 0 Å². The van der Waals surface area contributed by atoms with Crippen molar-refractivity contribution in [3.8, 4) is 5.75 Å². The molecular weight excluding hydrogens is 280 g/mol. The van der Waals surface area contributed by atoms with E-state index >= 15 is 0 Å². The average molecular weight is 299 g/mol. The molecule has 98 valence electrons. The molecule has 0 amide bonds. The van der Waals surface area contributed by atoms with Crippen molar-refractivity contribution in [3.63, 3.8) is 0 Å². The Kier molecular flexibility index (Phi) is 6.64. The number of para-hydroxylation sites is 1. The maximum absolute atomic E-state index is 6.05. The predicted molar refractivity (Wildman–Crippen MR) is 77.0 cm³/mol. The van der Waals surface area contributed by atoms with E-state index in [0.29, 0.717) is 15.8 Å². The molecule has 1 aromatic carbocycles. The third-order valence-corrected chi connectivity index (χ3v) is 2.59. The molecule has 0 heterocycles. The summed E-state index contributed by atoms with van der Waals surface area (Å²) in [5.41, 5.74) is -0.335. The molecule has 1 rings (SSSR count). The van der Waals surface area contributed by atoms with Crippen LogP contribution in [0.5, 0.6) is 5.75 Å². The second-order valence-corrected chi connectivity index (χ2v) is 5.46. The molecule has 0 spiro atoms. The van der Waals surface area contributed by atoms with Crippen LogP contribution in [0.1, 0.15) is 13.8 Å². The van der Waals surface area contributed by atoms with Gasteiger partial charge in [0, 0.05) is 6.54 Å². The van der Waals surface area contributed by atoms with Gasteiger partial charge in [0.2, 0.25) is 0 Å². The number of benzene rings is 1. The fraction of sp³-hybridized carbons (Fsp3) is 0.500. The van der Waals surface area contributed by atoms with Crippen molar-refractivity contribution in [1.29, 1.82) is 0 Å². The molecule has 0 aliphatic carbocycles. The summed E-state index contributed by atoms with van der Waals surface area (Å²) in [7, 11) is 4.00. The lowest BCUT2D eigenvalue weighted by molar-refractivity contribution is 0.0777. The minimum Gasteiger partial charge on any atom is -0.483 e. The highest BCUT2D eigenvalue weighted by Gasteiger charge is 2.23. The fourth-order valence-corrected chi connectivity index (χ4v) is 2.12. The first-order valence-electron chi connectivity index (χ1n) is 5.09. The molecule has 0 unspecified atom stereocenters. The molecule has 17 heavy (non-hydrogen) atoms. The van der Waals surface area contributed by atoms with E-state index in [1.165, 1.54) is 0 Å². The molecule has 5 heteroatoms. The van der Waals surface area contributed by atoms with Crippen LogP contribution in [0.2, 0.25) is 10.0 Å². The molecule has 0 saturated carbocycles. The first-order chi connectivity index (χ1) is 7.32. The number of hydrogen-bond donors (Lipinski definition) is 0. The monoisotopic (exact) mass is 297 g/mol. The average Bonchev–Trinajstić information content (AvgIpc) is 2.09. The zero-order chi connectivity index (χ0) is 12.3. The van der Waals surface area contributed by atoms with E-state index in [1.54, 1.807) is 18.2 Å². The summed E-state index contributed by atoms with van der Waals surface area (Å²) in [4.78, 5) is 2.06. The van der Waals surface area contributed by atoms with Crippen molar-refractivity contribution in [2.45, 2.75) is 19.4 Å². The Morgan fingerprint density at radius 2 is 1.65 bits per heavy atom. The molecule has 0 fully saturated rings. The van der Waals surface area contributed by atoms with Crippen molar-refractivity contribution >= 4 is 35.6 Å². The number of ether oxygens (including phenoxy) is 1. The van der Waals surface area contributed by atoms with Crippen LogP contribution in [0, 0.1) is 0 Å². The summed E-state index contributed by atoms with van der Waals surface area (Å²) in [6.07, 6.45) is 0. The van der Waals surface area contributed by atoms with Crippen molar-refractivity contribution in [1.82, 2.24) is 4.90 Å². The number of hydrogen-bond acceptors (Lipinski definition) is 2. The maximum Gasteiger partial charge on any atom is 0.157 e. The van der Waals surface area contributed by atoms with Crippen molar-refractivity contribution < 1.29 is 4.74 Å². The Hall–Kier alpha value is -0.150. The molecule has 0 N–H and O–H groups in total. The Labute approximate surface area is 119 Å². The van der Waals surface area contributed by atoms with E-state index < -0.39 is 0 Å². The van der Waals surface area contributed by atoms with Crippen molar-refractivity contribution in [3.05, 3.63) is 28.2 Å². The molecule has 0 aromatic heterocycles. The Balaban J connectivity index is 0.00000256. The standard InChI is InChI=1S/C12H17Cl2NO.ClH/c1-12(2,8-15(3)4)16-11-9(13)6-5-7-10(11)14;/h5-7H,8H2,1-4H3;1H. The van der Waals surface area contributed by atoms with Gasteiger partial charge in [-0.25, -0.2) is 0 Å². The zero-order valence-corrected chi connectivity index (χ0v) is 12.8. The van der Waals surface area contributed by atoms with Gasteiger partial charge in [-0.05, 0) is 40.1 Å². The smallest absolute Gasteiger partial charge is 0.157 e. The van der Waals surface area contributed by atoms with Gasteiger partial charge in [0.1, 0.15) is 5.60 Å². The highest BCUT2D eigenvalue weighted by atomic mass is 35.5. The van der Waals surface area contributed by atoms with Crippen molar-refractivity contribution in [2.24, 2.45) is 0 Å². The number of rotatable bonds is 4. The van der Waals surface area contributed by atoms with Gasteiger partial charge >= 0.3 is 0 Å². The lowest BCUT2D eigenvalue weighted by Gasteiger charge is -2.30. The summed E-state index contributed by atoms with van der Waals surface area (Å²) < 4.78 is 5.87. The molecule has 0 radical (unpaired) electrons. The van der Waals surface area contributed by atoms with E-state index in [9.17, 15) is 0 Å². The maximum atomic E-state index is 6.05. The largest absolute Gasteiger partial charge is 0.483 e. The topological polar surface area (TPSA) is 12.5 Å². The number of likely N-dealkylation sites (N-methyl/N-ethyl adjacent to an activating group) is 1. The summed E-state index contributed by atoms with van der Waals surface area (Å²) in [6, 6.07) is 5.35. The Morgan fingerprint density at radius 1 is 1.18 bits per heavy atom. The number of nitrogens with zero attached hydrogens (tertiary/aromatic N) is 1. The molecule has 0 saturated heterocycles. The number of halogens is 3.